The van der Waals surface area contributed by atoms with E-state index in [1.807, 2.05) is 31.2 Å². The summed E-state index contributed by atoms with van der Waals surface area (Å²) in [6, 6.07) is 14.4. The minimum absolute atomic E-state index is 0.0614. The first-order valence-corrected chi connectivity index (χ1v) is 8.13. The number of hydrogen-bond donors (Lipinski definition) is 1. The van der Waals surface area contributed by atoms with E-state index in [1.165, 1.54) is 0 Å². The second-order valence-electron chi connectivity index (χ2n) is 5.94. The molecule has 5 heteroatoms. The Labute approximate surface area is 151 Å². The second kappa shape index (κ2) is 7.27. The summed E-state index contributed by atoms with van der Waals surface area (Å²) in [5, 5.41) is 2.77. The molecule has 2 aromatic rings. The van der Waals surface area contributed by atoms with Crippen LogP contribution in [0.2, 0.25) is 0 Å². The summed E-state index contributed by atoms with van der Waals surface area (Å²) in [4.78, 5) is 24.5. The van der Waals surface area contributed by atoms with Crippen molar-refractivity contribution in [3.63, 3.8) is 0 Å². The Morgan fingerprint density at radius 2 is 1.77 bits per heavy atom. The quantitative estimate of drug-likeness (QED) is 0.842. The molecule has 1 N–H and O–H groups in total. The zero-order chi connectivity index (χ0) is 18.7. The molecule has 0 radical (unpaired) electrons. The Morgan fingerprint density at radius 1 is 1.12 bits per heavy atom. The molecule has 1 heterocycles. The highest BCUT2D eigenvalue weighted by Gasteiger charge is 2.29. The number of carbonyl (C=O) groups is 2. The molecule has 1 aliphatic rings. The number of amides is 1. The lowest BCUT2D eigenvalue weighted by atomic mass is 10.00. The molecule has 1 amide bonds. The average Bonchev–Trinajstić information content (AvgIpc) is 2.93. The third kappa shape index (κ3) is 3.52. The fourth-order valence-electron chi connectivity index (χ4n) is 2.72. The maximum Gasteiger partial charge on any atom is 0.341 e. The topological polar surface area (TPSA) is 64.6 Å². The Hall–Kier alpha value is -3.34. The molecule has 1 aliphatic heterocycles. The van der Waals surface area contributed by atoms with Gasteiger partial charge in [0.05, 0.1) is 19.2 Å². The Balaban J connectivity index is 1.83. The number of hydrogen-bond acceptors (Lipinski definition) is 4. The standard InChI is InChI=1S/C21H19NO4/c1-13-4-6-16(7-5-13)20(23)22-12-18-19(14(2)26-21(18)24)15-8-10-17(25-3)11-9-15/h4-11H,2,12H2,1,3H3,(H,22,23). The summed E-state index contributed by atoms with van der Waals surface area (Å²) in [6.45, 7) is 5.82. The van der Waals surface area contributed by atoms with Crippen molar-refractivity contribution in [2.75, 3.05) is 13.7 Å². The minimum Gasteiger partial charge on any atom is -0.497 e. The third-order valence-electron chi connectivity index (χ3n) is 4.16. The Bertz CT molecular complexity index is 893. The number of esters is 1. The number of ether oxygens (including phenoxy) is 2. The fourth-order valence-corrected chi connectivity index (χ4v) is 2.72. The van der Waals surface area contributed by atoms with Crippen LogP contribution in [0.1, 0.15) is 21.5 Å². The SMILES string of the molecule is C=C1OC(=O)C(CNC(=O)c2ccc(C)cc2)=C1c1ccc(OC)cc1. The summed E-state index contributed by atoms with van der Waals surface area (Å²) in [5.74, 6) is 0.237. The molecule has 0 atom stereocenters. The lowest BCUT2D eigenvalue weighted by Gasteiger charge is -2.08. The van der Waals surface area contributed by atoms with E-state index in [2.05, 4.69) is 11.9 Å². The highest BCUT2D eigenvalue weighted by Crippen LogP contribution is 2.34. The van der Waals surface area contributed by atoms with Gasteiger partial charge < -0.3 is 14.8 Å². The van der Waals surface area contributed by atoms with Crippen molar-refractivity contribution >= 4 is 17.4 Å². The van der Waals surface area contributed by atoms with E-state index in [1.54, 1.807) is 31.4 Å². The predicted molar refractivity (Wildman–Crippen MR) is 98.7 cm³/mol. The summed E-state index contributed by atoms with van der Waals surface area (Å²) < 4.78 is 10.3. The molecule has 0 aromatic heterocycles. The average molecular weight is 349 g/mol. The first-order valence-electron chi connectivity index (χ1n) is 8.13. The predicted octanol–water partition coefficient (Wildman–Crippen LogP) is 3.26. The first-order chi connectivity index (χ1) is 12.5. The zero-order valence-corrected chi connectivity index (χ0v) is 14.7. The van der Waals surface area contributed by atoms with Gasteiger partial charge in [0.15, 0.2) is 0 Å². The van der Waals surface area contributed by atoms with Crippen molar-refractivity contribution in [3.8, 4) is 5.75 Å². The van der Waals surface area contributed by atoms with Gasteiger partial charge in [-0.15, -0.1) is 0 Å². The van der Waals surface area contributed by atoms with Crippen LogP contribution >= 0.6 is 0 Å². The second-order valence-corrected chi connectivity index (χ2v) is 5.94. The van der Waals surface area contributed by atoms with Gasteiger partial charge in [0, 0.05) is 11.1 Å². The van der Waals surface area contributed by atoms with Crippen LogP contribution in [0.4, 0.5) is 0 Å². The van der Waals surface area contributed by atoms with E-state index < -0.39 is 5.97 Å². The molecule has 0 saturated carbocycles. The zero-order valence-electron chi connectivity index (χ0n) is 14.7. The highest BCUT2D eigenvalue weighted by atomic mass is 16.5. The van der Waals surface area contributed by atoms with Gasteiger partial charge in [0.2, 0.25) is 0 Å². The molecule has 3 rings (SSSR count). The lowest BCUT2D eigenvalue weighted by Crippen LogP contribution is -2.27. The van der Waals surface area contributed by atoms with E-state index >= 15 is 0 Å². The van der Waals surface area contributed by atoms with E-state index in [4.69, 9.17) is 9.47 Å². The largest absolute Gasteiger partial charge is 0.497 e. The van der Waals surface area contributed by atoms with Gasteiger partial charge >= 0.3 is 5.97 Å². The van der Waals surface area contributed by atoms with Crippen molar-refractivity contribution in [1.29, 1.82) is 0 Å². The summed E-state index contributed by atoms with van der Waals surface area (Å²) in [7, 11) is 1.58. The van der Waals surface area contributed by atoms with Crippen LogP contribution in [-0.4, -0.2) is 25.5 Å². The smallest absolute Gasteiger partial charge is 0.341 e. The van der Waals surface area contributed by atoms with Crippen molar-refractivity contribution < 1.29 is 19.1 Å². The third-order valence-corrected chi connectivity index (χ3v) is 4.16. The lowest BCUT2D eigenvalue weighted by molar-refractivity contribution is -0.133. The van der Waals surface area contributed by atoms with Crippen molar-refractivity contribution in [1.82, 2.24) is 5.32 Å². The number of cyclic esters (lactones) is 1. The number of nitrogens with one attached hydrogen (secondary N) is 1. The number of aryl methyl sites for hydroxylation is 1. The summed E-state index contributed by atoms with van der Waals surface area (Å²) >= 11 is 0. The van der Waals surface area contributed by atoms with E-state index in [0.29, 0.717) is 22.5 Å². The number of allylic oxidation sites excluding steroid dienone is 1. The van der Waals surface area contributed by atoms with Gasteiger partial charge in [-0.3, -0.25) is 4.79 Å². The number of benzene rings is 2. The molecule has 132 valence electrons. The molecular weight excluding hydrogens is 330 g/mol. The van der Waals surface area contributed by atoms with Gasteiger partial charge in [-0.2, -0.15) is 0 Å². The van der Waals surface area contributed by atoms with Crippen LogP contribution in [0.15, 0.2) is 66.4 Å². The van der Waals surface area contributed by atoms with Crippen molar-refractivity contribution in [3.05, 3.63) is 83.1 Å². The number of methoxy groups -OCH3 is 1. The Kier molecular flexibility index (Phi) is 4.89. The maximum atomic E-state index is 12.3. The molecule has 5 nitrogen and oxygen atoms in total. The molecule has 0 aliphatic carbocycles. The van der Waals surface area contributed by atoms with Crippen LogP contribution in [0, 0.1) is 6.92 Å². The molecule has 2 aromatic carbocycles. The monoisotopic (exact) mass is 349 g/mol. The molecule has 0 bridgehead atoms. The van der Waals surface area contributed by atoms with Crippen LogP contribution in [0.25, 0.3) is 5.57 Å². The molecular formula is C21H19NO4. The van der Waals surface area contributed by atoms with E-state index in [-0.39, 0.29) is 18.2 Å². The van der Waals surface area contributed by atoms with E-state index in [9.17, 15) is 9.59 Å². The van der Waals surface area contributed by atoms with Crippen molar-refractivity contribution in [2.45, 2.75) is 6.92 Å². The Morgan fingerprint density at radius 3 is 2.38 bits per heavy atom. The molecule has 0 unspecified atom stereocenters. The fraction of sp³-hybridized carbons (Fsp3) is 0.143. The summed E-state index contributed by atoms with van der Waals surface area (Å²) in [6.07, 6.45) is 0. The normalized spacial score (nSPS) is 13.6. The summed E-state index contributed by atoms with van der Waals surface area (Å²) in [5.41, 5.74) is 3.36. The number of carbonyl (C=O) groups excluding carboxylic acids is 2. The van der Waals surface area contributed by atoms with Crippen LogP contribution in [-0.2, 0) is 9.53 Å². The van der Waals surface area contributed by atoms with Crippen molar-refractivity contribution in [2.24, 2.45) is 0 Å². The van der Waals surface area contributed by atoms with Gasteiger partial charge in [0.25, 0.3) is 5.91 Å². The van der Waals surface area contributed by atoms with Gasteiger partial charge in [-0.05, 0) is 36.8 Å². The maximum absolute atomic E-state index is 12.3. The van der Waals surface area contributed by atoms with Crippen LogP contribution in [0.3, 0.4) is 0 Å². The molecule has 0 spiro atoms. The highest BCUT2D eigenvalue weighted by molar-refractivity contribution is 6.07. The minimum atomic E-state index is -0.495. The number of rotatable bonds is 5. The molecule has 0 saturated heterocycles. The molecule has 26 heavy (non-hydrogen) atoms. The van der Waals surface area contributed by atoms with Gasteiger partial charge in [-0.1, -0.05) is 36.4 Å². The first kappa shape index (κ1) is 17.5. The van der Waals surface area contributed by atoms with Crippen LogP contribution < -0.4 is 10.1 Å². The van der Waals surface area contributed by atoms with Gasteiger partial charge in [0.1, 0.15) is 11.5 Å². The van der Waals surface area contributed by atoms with Gasteiger partial charge in [-0.25, -0.2) is 4.79 Å². The molecule has 0 fully saturated rings. The van der Waals surface area contributed by atoms with E-state index in [0.717, 1.165) is 11.1 Å². The van der Waals surface area contributed by atoms with Crippen LogP contribution in [0.5, 0.6) is 5.75 Å².